The van der Waals surface area contributed by atoms with Gasteiger partial charge in [-0.2, -0.15) is 8.42 Å². The first-order chi connectivity index (χ1) is 5.56. The van der Waals surface area contributed by atoms with Crippen molar-refractivity contribution in [2.24, 2.45) is 0 Å². The van der Waals surface area contributed by atoms with Crippen molar-refractivity contribution in [2.75, 3.05) is 7.11 Å². The molecule has 1 aromatic heterocycles. The predicted octanol–water partition coefficient (Wildman–Crippen LogP) is 1.10. The van der Waals surface area contributed by atoms with Crippen molar-refractivity contribution in [3.05, 3.63) is 30.6 Å². The molecule has 0 aromatic carbocycles. The van der Waals surface area contributed by atoms with Crippen LogP contribution < -0.4 is 0 Å². The van der Waals surface area contributed by atoms with Crippen LogP contribution in [0, 0.1) is 0 Å². The Balaban J connectivity index is 0. The number of hydrogen-bond donors (Lipinski definition) is 1. The van der Waals surface area contributed by atoms with Gasteiger partial charge in [0.1, 0.15) is 0 Å². The summed E-state index contributed by atoms with van der Waals surface area (Å²) < 4.78 is 29.7. The summed E-state index contributed by atoms with van der Waals surface area (Å²) in [7, 11) is -3.29. The second kappa shape index (κ2) is 8.11. The molecule has 0 atom stereocenters. The summed E-state index contributed by atoms with van der Waals surface area (Å²) in [4.78, 5) is 3.78. The van der Waals surface area contributed by atoms with Crippen molar-refractivity contribution >= 4 is 27.4 Å². The lowest BCUT2D eigenvalue weighted by atomic mass is 10.5. The maximum atomic E-state index is 9.33. The molecule has 5 nitrogen and oxygen atoms in total. The zero-order valence-electron chi connectivity index (χ0n) is 6.82. The first-order valence-electron chi connectivity index (χ1n) is 2.94. The third-order valence-corrected chi connectivity index (χ3v) is 1.20. The van der Waals surface area contributed by atoms with Gasteiger partial charge in [-0.15, -0.1) is 17.0 Å². The van der Waals surface area contributed by atoms with Gasteiger partial charge in [0, 0.05) is 12.4 Å². The minimum atomic E-state index is -4.16. The van der Waals surface area contributed by atoms with Gasteiger partial charge in [-0.05, 0) is 12.1 Å². The molecule has 0 aliphatic carbocycles. The van der Waals surface area contributed by atoms with Crippen molar-refractivity contribution in [3.8, 4) is 0 Å². The minimum Gasteiger partial charge on any atom is -0.265 e. The number of rotatable bonds is 1. The molecule has 0 unspecified atom stereocenters. The summed E-state index contributed by atoms with van der Waals surface area (Å²) in [6, 6.07) is 5.72. The van der Waals surface area contributed by atoms with Crippen LogP contribution in [0.4, 0.5) is 0 Å². The standard InChI is InChI=1S/C5H5N.CH4O4S.BrH/c1-2-4-6-5-3-1;1-5-6(2,3)4;/h1-5H;1H3,(H,2,3,4);1H. The molecule has 1 N–H and O–H groups in total. The number of nitrogens with zero attached hydrogens (tertiary/aromatic N) is 1. The normalized spacial score (nSPS) is 9.08. The van der Waals surface area contributed by atoms with Gasteiger partial charge in [-0.3, -0.25) is 13.7 Å². The maximum Gasteiger partial charge on any atom is 0.397 e. The van der Waals surface area contributed by atoms with Crippen molar-refractivity contribution < 1.29 is 17.2 Å². The Bertz CT molecular complexity index is 262. The molecule has 7 heteroatoms. The Hall–Kier alpha value is -0.500. The third-order valence-electron chi connectivity index (χ3n) is 0.777. The Kier molecular flexibility index (Phi) is 9.36. The molecule has 76 valence electrons. The van der Waals surface area contributed by atoms with E-state index in [0.29, 0.717) is 0 Å². The van der Waals surface area contributed by atoms with Gasteiger partial charge in [0.2, 0.25) is 0 Å². The van der Waals surface area contributed by atoms with Crippen LogP contribution in [0.3, 0.4) is 0 Å². The molecule has 0 aliphatic rings. The number of halogens is 1. The highest BCUT2D eigenvalue weighted by molar-refractivity contribution is 8.93. The van der Waals surface area contributed by atoms with Crippen LogP contribution in [0.1, 0.15) is 0 Å². The van der Waals surface area contributed by atoms with Crippen molar-refractivity contribution in [1.82, 2.24) is 4.98 Å². The Morgan fingerprint density at radius 2 is 1.62 bits per heavy atom. The zero-order valence-corrected chi connectivity index (χ0v) is 9.35. The first kappa shape index (κ1) is 15.0. The number of pyridine rings is 1. The van der Waals surface area contributed by atoms with Gasteiger partial charge in [-0.25, -0.2) is 0 Å². The second-order valence-electron chi connectivity index (χ2n) is 1.62. The molecule has 13 heavy (non-hydrogen) atoms. The van der Waals surface area contributed by atoms with E-state index in [9.17, 15) is 8.42 Å². The van der Waals surface area contributed by atoms with Crippen LogP contribution in [-0.4, -0.2) is 25.1 Å². The van der Waals surface area contributed by atoms with Gasteiger partial charge < -0.3 is 0 Å². The van der Waals surface area contributed by atoms with E-state index in [4.69, 9.17) is 4.55 Å². The molecule has 0 bridgehead atoms. The number of hydrogen-bond acceptors (Lipinski definition) is 4. The minimum absolute atomic E-state index is 0. The van der Waals surface area contributed by atoms with Crippen LogP contribution in [0.5, 0.6) is 0 Å². The molecule has 1 heterocycles. The van der Waals surface area contributed by atoms with Gasteiger partial charge in [0.25, 0.3) is 0 Å². The summed E-state index contributed by atoms with van der Waals surface area (Å²) in [5.74, 6) is 0. The second-order valence-corrected chi connectivity index (χ2v) is 2.81. The lowest BCUT2D eigenvalue weighted by molar-refractivity contribution is 0.324. The van der Waals surface area contributed by atoms with E-state index in [2.05, 4.69) is 9.17 Å². The highest BCUT2D eigenvalue weighted by atomic mass is 79.9. The van der Waals surface area contributed by atoms with E-state index >= 15 is 0 Å². The lowest BCUT2D eigenvalue weighted by Gasteiger charge is -1.82. The molecule has 0 spiro atoms. The van der Waals surface area contributed by atoms with Crippen LogP contribution in [0.15, 0.2) is 30.6 Å². The molecule has 0 saturated carbocycles. The molecule has 0 fully saturated rings. The van der Waals surface area contributed by atoms with Gasteiger partial charge in [0.15, 0.2) is 0 Å². The smallest absolute Gasteiger partial charge is 0.265 e. The molecule has 1 rings (SSSR count). The molecular weight excluding hydrogens is 262 g/mol. The van der Waals surface area contributed by atoms with E-state index in [1.54, 1.807) is 12.4 Å². The fraction of sp³-hybridized carbons (Fsp3) is 0.167. The Labute approximate surface area is 87.5 Å². The fourth-order valence-electron chi connectivity index (χ4n) is 0.313. The average Bonchev–Trinajstić information content (AvgIpc) is 2.07. The van der Waals surface area contributed by atoms with Crippen LogP contribution >= 0.6 is 17.0 Å². The van der Waals surface area contributed by atoms with E-state index in [1.807, 2.05) is 18.2 Å². The first-order valence-corrected chi connectivity index (χ1v) is 4.31. The molecule has 0 radical (unpaired) electrons. The van der Waals surface area contributed by atoms with Crippen molar-refractivity contribution in [1.29, 1.82) is 0 Å². The fourth-order valence-corrected chi connectivity index (χ4v) is 0.313. The van der Waals surface area contributed by atoms with Crippen molar-refractivity contribution in [2.45, 2.75) is 0 Å². The third kappa shape index (κ3) is 14.4. The highest BCUT2D eigenvalue weighted by Crippen LogP contribution is 1.75. The quantitative estimate of drug-likeness (QED) is 0.774. The molecule has 0 saturated heterocycles. The molecular formula is C6H10BrNO4S. The van der Waals surface area contributed by atoms with Gasteiger partial charge >= 0.3 is 10.4 Å². The summed E-state index contributed by atoms with van der Waals surface area (Å²) in [5.41, 5.74) is 0. The summed E-state index contributed by atoms with van der Waals surface area (Å²) >= 11 is 0. The molecule has 0 amide bonds. The topological polar surface area (TPSA) is 76.5 Å². The van der Waals surface area contributed by atoms with Crippen molar-refractivity contribution in [3.63, 3.8) is 0 Å². The van der Waals surface area contributed by atoms with Crippen LogP contribution in [0.2, 0.25) is 0 Å². The SMILES string of the molecule is Br.COS(=O)(=O)O.c1ccncc1. The van der Waals surface area contributed by atoms with Crippen LogP contribution in [0.25, 0.3) is 0 Å². The summed E-state index contributed by atoms with van der Waals surface area (Å²) in [5, 5.41) is 0. The largest absolute Gasteiger partial charge is 0.397 e. The Morgan fingerprint density at radius 1 is 1.23 bits per heavy atom. The van der Waals surface area contributed by atoms with Gasteiger partial charge in [0.05, 0.1) is 7.11 Å². The highest BCUT2D eigenvalue weighted by Gasteiger charge is 1.93. The summed E-state index contributed by atoms with van der Waals surface area (Å²) in [6.07, 6.45) is 3.50. The predicted molar refractivity (Wildman–Crippen MR) is 53.1 cm³/mol. The lowest BCUT2D eigenvalue weighted by Crippen LogP contribution is -1.96. The number of aromatic nitrogens is 1. The van der Waals surface area contributed by atoms with Crippen LogP contribution in [-0.2, 0) is 14.6 Å². The summed E-state index contributed by atoms with van der Waals surface area (Å²) in [6.45, 7) is 0. The molecule has 1 aromatic rings. The van der Waals surface area contributed by atoms with E-state index in [1.165, 1.54) is 0 Å². The molecule has 0 aliphatic heterocycles. The van der Waals surface area contributed by atoms with E-state index in [-0.39, 0.29) is 17.0 Å². The van der Waals surface area contributed by atoms with E-state index < -0.39 is 10.4 Å². The van der Waals surface area contributed by atoms with Gasteiger partial charge in [-0.1, -0.05) is 6.07 Å². The average molecular weight is 272 g/mol. The Morgan fingerprint density at radius 3 is 1.69 bits per heavy atom. The maximum absolute atomic E-state index is 9.33. The monoisotopic (exact) mass is 271 g/mol. The zero-order chi connectivity index (χ0) is 9.45. The van der Waals surface area contributed by atoms with E-state index in [0.717, 1.165) is 7.11 Å².